The number of carbonyl (C=O) groups is 3. The highest BCUT2D eigenvalue weighted by Crippen LogP contribution is 2.38. The molecule has 0 aromatic heterocycles. The van der Waals surface area contributed by atoms with Gasteiger partial charge in [-0.25, -0.2) is 0 Å². The Labute approximate surface area is 273 Å². The summed E-state index contributed by atoms with van der Waals surface area (Å²) in [5.41, 5.74) is 4.34. The van der Waals surface area contributed by atoms with Crippen LogP contribution in [0.3, 0.4) is 0 Å². The molecule has 0 aliphatic carbocycles. The summed E-state index contributed by atoms with van der Waals surface area (Å²) in [7, 11) is 4.49. The van der Waals surface area contributed by atoms with E-state index in [1.165, 1.54) is 39.2 Å². The first-order valence-corrected chi connectivity index (χ1v) is 15.6. The molecule has 3 N–H and O–H groups in total. The lowest BCUT2D eigenvalue weighted by molar-refractivity contribution is -0.114. The Balaban J connectivity index is 1.54. The summed E-state index contributed by atoms with van der Waals surface area (Å²) in [5, 5.41) is 8.64. The van der Waals surface area contributed by atoms with Gasteiger partial charge < -0.3 is 30.2 Å². The zero-order valence-corrected chi connectivity index (χ0v) is 27.2. The molecule has 0 unspecified atom stereocenters. The quantitative estimate of drug-likeness (QED) is 0.110. The molecule has 3 amide bonds. The molecule has 4 aromatic rings. The van der Waals surface area contributed by atoms with Crippen LogP contribution in [-0.2, 0) is 16.0 Å². The Morgan fingerprint density at radius 2 is 1.50 bits per heavy atom. The number of para-hydroxylation sites is 1. The maximum Gasteiger partial charge on any atom is 0.272 e. The predicted octanol–water partition coefficient (Wildman–Crippen LogP) is 6.72. The van der Waals surface area contributed by atoms with Gasteiger partial charge in [0.15, 0.2) is 11.5 Å². The van der Waals surface area contributed by atoms with E-state index in [1.807, 2.05) is 31.2 Å². The summed E-state index contributed by atoms with van der Waals surface area (Å²) in [6.07, 6.45) is 2.34. The maximum absolute atomic E-state index is 13.6. The van der Waals surface area contributed by atoms with Gasteiger partial charge in [-0.3, -0.25) is 14.4 Å². The Hall–Kier alpha value is -5.22. The molecule has 0 radical (unpaired) electrons. The molecule has 4 rings (SSSR count). The summed E-state index contributed by atoms with van der Waals surface area (Å²) in [6, 6.07) is 25.1. The van der Waals surface area contributed by atoms with Crippen LogP contribution in [0, 0.1) is 6.92 Å². The molecule has 0 fully saturated rings. The first kappa shape index (κ1) is 33.7. The van der Waals surface area contributed by atoms with Gasteiger partial charge in [0.2, 0.25) is 11.7 Å². The fourth-order valence-electron chi connectivity index (χ4n) is 4.68. The van der Waals surface area contributed by atoms with E-state index in [4.69, 9.17) is 14.2 Å². The van der Waals surface area contributed by atoms with Crippen LogP contribution in [-0.4, -0.2) is 44.8 Å². The number of thioether (sulfide) groups is 1. The van der Waals surface area contributed by atoms with Crippen LogP contribution in [0.15, 0.2) is 95.5 Å². The second kappa shape index (κ2) is 16.2. The second-order valence-corrected chi connectivity index (χ2v) is 11.2. The number of benzene rings is 4. The van der Waals surface area contributed by atoms with E-state index >= 15 is 0 Å². The van der Waals surface area contributed by atoms with E-state index in [9.17, 15) is 14.4 Å². The van der Waals surface area contributed by atoms with Crippen molar-refractivity contribution >= 4 is 46.9 Å². The van der Waals surface area contributed by atoms with E-state index < -0.39 is 11.8 Å². The maximum atomic E-state index is 13.6. The minimum absolute atomic E-state index is 0.00878. The zero-order valence-electron chi connectivity index (χ0n) is 26.4. The third-order valence-electron chi connectivity index (χ3n) is 6.99. The van der Waals surface area contributed by atoms with E-state index in [0.29, 0.717) is 34.1 Å². The van der Waals surface area contributed by atoms with Gasteiger partial charge in [0.25, 0.3) is 11.8 Å². The number of carbonyl (C=O) groups excluding carboxylic acids is 3. The zero-order chi connectivity index (χ0) is 33.1. The first-order valence-electron chi connectivity index (χ1n) is 14.6. The van der Waals surface area contributed by atoms with Crippen molar-refractivity contribution in [1.82, 2.24) is 5.32 Å². The largest absolute Gasteiger partial charge is 0.493 e. The molecule has 0 atom stereocenters. The standard InChI is InChI=1S/C36H37N3O6S/c1-6-25-15-10-12-23(2)33(25)39-32(40)22-46-28-17-11-16-27(21-28)37-36(42)29(38-35(41)26-13-8-7-9-14-26)18-24-19-30(43-3)34(45-5)31(20-24)44-4/h7-21H,6,22H2,1-5H3,(H,37,42)(H,38,41)(H,39,40)/b29-18+. The minimum Gasteiger partial charge on any atom is -0.493 e. The molecule has 9 nitrogen and oxygen atoms in total. The van der Waals surface area contributed by atoms with Gasteiger partial charge in [0, 0.05) is 21.8 Å². The molecule has 0 aliphatic rings. The van der Waals surface area contributed by atoms with Crippen molar-refractivity contribution in [2.75, 3.05) is 37.7 Å². The van der Waals surface area contributed by atoms with Crippen molar-refractivity contribution in [1.29, 1.82) is 0 Å². The summed E-state index contributed by atoms with van der Waals surface area (Å²) < 4.78 is 16.3. The second-order valence-electron chi connectivity index (χ2n) is 10.1. The lowest BCUT2D eigenvalue weighted by Crippen LogP contribution is -2.30. The highest BCUT2D eigenvalue weighted by atomic mass is 32.2. The van der Waals surface area contributed by atoms with Gasteiger partial charge in [-0.2, -0.15) is 0 Å². The lowest BCUT2D eigenvalue weighted by atomic mass is 10.1. The fraction of sp³-hybridized carbons (Fsp3) is 0.194. The number of amides is 3. The van der Waals surface area contributed by atoms with Crippen LogP contribution >= 0.6 is 11.8 Å². The first-order chi connectivity index (χ1) is 22.3. The summed E-state index contributed by atoms with van der Waals surface area (Å²) in [4.78, 5) is 40.3. The Bertz CT molecular complexity index is 1710. The molecule has 0 spiro atoms. The van der Waals surface area contributed by atoms with Gasteiger partial charge in [0.05, 0.1) is 27.1 Å². The van der Waals surface area contributed by atoms with Crippen LogP contribution in [0.5, 0.6) is 17.2 Å². The molecular weight excluding hydrogens is 602 g/mol. The van der Waals surface area contributed by atoms with E-state index in [-0.39, 0.29) is 17.4 Å². The van der Waals surface area contributed by atoms with E-state index in [0.717, 1.165) is 28.1 Å². The van der Waals surface area contributed by atoms with Gasteiger partial charge in [-0.15, -0.1) is 11.8 Å². The topological polar surface area (TPSA) is 115 Å². The van der Waals surface area contributed by atoms with Crippen LogP contribution in [0.4, 0.5) is 11.4 Å². The summed E-state index contributed by atoms with van der Waals surface area (Å²) in [5.74, 6) is 0.244. The molecule has 0 saturated carbocycles. The van der Waals surface area contributed by atoms with E-state index in [2.05, 4.69) is 22.9 Å². The molecule has 238 valence electrons. The lowest BCUT2D eigenvalue weighted by Gasteiger charge is -2.15. The third kappa shape index (κ3) is 8.70. The number of anilines is 2. The van der Waals surface area contributed by atoms with Gasteiger partial charge in [0.1, 0.15) is 5.70 Å². The average Bonchev–Trinajstić information content (AvgIpc) is 3.07. The average molecular weight is 640 g/mol. The van der Waals surface area contributed by atoms with Crippen molar-refractivity contribution < 1.29 is 28.6 Å². The van der Waals surface area contributed by atoms with Crippen molar-refractivity contribution in [3.63, 3.8) is 0 Å². The Kier molecular flexibility index (Phi) is 11.9. The SMILES string of the molecule is CCc1cccc(C)c1NC(=O)CSc1cccc(NC(=O)/C(=C\c2cc(OC)c(OC)c(OC)c2)NC(=O)c2ccccc2)c1. The number of methoxy groups -OCH3 is 3. The molecule has 0 bridgehead atoms. The van der Waals surface area contributed by atoms with Gasteiger partial charge >= 0.3 is 0 Å². The van der Waals surface area contributed by atoms with Crippen LogP contribution in [0.1, 0.15) is 34.0 Å². The molecule has 10 heteroatoms. The van der Waals surface area contributed by atoms with Crippen molar-refractivity contribution in [3.8, 4) is 17.2 Å². The normalized spacial score (nSPS) is 10.9. The molecule has 4 aromatic carbocycles. The Morgan fingerprint density at radius 3 is 2.15 bits per heavy atom. The van der Waals surface area contributed by atoms with Crippen LogP contribution < -0.4 is 30.2 Å². The van der Waals surface area contributed by atoms with Crippen molar-refractivity contribution in [2.24, 2.45) is 0 Å². The van der Waals surface area contributed by atoms with Crippen molar-refractivity contribution in [2.45, 2.75) is 25.2 Å². The highest BCUT2D eigenvalue weighted by molar-refractivity contribution is 8.00. The Morgan fingerprint density at radius 1 is 0.804 bits per heavy atom. The number of rotatable bonds is 13. The molecule has 0 saturated heterocycles. The summed E-state index contributed by atoms with van der Waals surface area (Å²) in [6.45, 7) is 4.03. The number of nitrogens with one attached hydrogen (secondary N) is 3. The number of hydrogen-bond acceptors (Lipinski definition) is 7. The van der Waals surface area contributed by atoms with Gasteiger partial charge in [-0.1, -0.05) is 49.4 Å². The highest BCUT2D eigenvalue weighted by Gasteiger charge is 2.18. The molecule has 0 heterocycles. The fourth-order valence-corrected chi connectivity index (χ4v) is 5.44. The molecular formula is C36H37N3O6S. The summed E-state index contributed by atoms with van der Waals surface area (Å²) >= 11 is 1.35. The smallest absolute Gasteiger partial charge is 0.272 e. The number of hydrogen-bond donors (Lipinski definition) is 3. The predicted molar refractivity (Wildman–Crippen MR) is 183 cm³/mol. The van der Waals surface area contributed by atoms with Crippen LogP contribution in [0.2, 0.25) is 0 Å². The van der Waals surface area contributed by atoms with Crippen molar-refractivity contribution in [3.05, 3.63) is 113 Å². The van der Waals surface area contributed by atoms with Gasteiger partial charge in [-0.05, 0) is 78.6 Å². The third-order valence-corrected chi connectivity index (χ3v) is 7.99. The number of aryl methyl sites for hydroxylation is 2. The van der Waals surface area contributed by atoms with E-state index in [1.54, 1.807) is 60.7 Å². The number of ether oxygens (including phenoxy) is 3. The van der Waals surface area contributed by atoms with Crippen LogP contribution in [0.25, 0.3) is 6.08 Å². The molecule has 0 aliphatic heterocycles. The molecule has 46 heavy (non-hydrogen) atoms. The minimum atomic E-state index is -0.551. The monoisotopic (exact) mass is 639 g/mol.